The van der Waals surface area contributed by atoms with Gasteiger partial charge >= 0.3 is 0 Å². The number of nitrogens with zero attached hydrogens (tertiary/aromatic N) is 1. The summed E-state index contributed by atoms with van der Waals surface area (Å²) in [5.41, 5.74) is 0.0673. The van der Waals surface area contributed by atoms with Gasteiger partial charge in [0.05, 0.1) is 6.61 Å². The Kier molecular flexibility index (Phi) is 3.62. The van der Waals surface area contributed by atoms with Gasteiger partial charge in [-0.05, 0) is 13.0 Å². The van der Waals surface area contributed by atoms with Crippen molar-refractivity contribution >= 4 is 5.91 Å². The molecule has 1 aromatic heterocycles. The number of aliphatic hydroxyl groups is 1. The molecule has 0 aliphatic heterocycles. The zero-order chi connectivity index (χ0) is 11.4. The second kappa shape index (κ2) is 4.75. The Morgan fingerprint density at radius 3 is 2.87 bits per heavy atom. The van der Waals surface area contributed by atoms with E-state index in [2.05, 4.69) is 5.32 Å². The van der Waals surface area contributed by atoms with Crippen LogP contribution in [0.3, 0.4) is 0 Å². The first-order chi connectivity index (χ1) is 7.04. The Bertz CT molecular complexity index is 411. The highest BCUT2D eigenvalue weighted by Gasteiger charge is 2.09. The minimum Gasteiger partial charge on any atom is -0.394 e. The first kappa shape index (κ1) is 11.5. The number of rotatable bonds is 3. The van der Waals surface area contributed by atoms with Crippen LogP contribution in [0.15, 0.2) is 23.1 Å². The summed E-state index contributed by atoms with van der Waals surface area (Å²) in [6.07, 6.45) is 1.53. The minimum atomic E-state index is -0.353. The number of aromatic nitrogens is 1. The largest absolute Gasteiger partial charge is 0.394 e. The summed E-state index contributed by atoms with van der Waals surface area (Å²) >= 11 is 0. The Morgan fingerprint density at radius 2 is 2.33 bits per heavy atom. The van der Waals surface area contributed by atoms with E-state index in [-0.39, 0.29) is 24.1 Å². The molecule has 0 aromatic carbocycles. The normalized spacial score (nSPS) is 12.2. The van der Waals surface area contributed by atoms with E-state index in [1.807, 2.05) is 0 Å². The van der Waals surface area contributed by atoms with Gasteiger partial charge in [-0.1, -0.05) is 0 Å². The Labute approximate surface area is 87.4 Å². The SMILES string of the molecule is C[C@@H](CO)NC(=O)c1ccn(C)c(=O)c1. The molecule has 1 aromatic rings. The lowest BCUT2D eigenvalue weighted by Crippen LogP contribution is -2.35. The molecule has 0 spiro atoms. The second-order valence-electron chi connectivity index (χ2n) is 3.42. The molecule has 2 N–H and O–H groups in total. The lowest BCUT2D eigenvalue weighted by Gasteiger charge is -2.10. The zero-order valence-electron chi connectivity index (χ0n) is 8.73. The highest BCUT2D eigenvalue weighted by molar-refractivity contribution is 5.94. The lowest BCUT2D eigenvalue weighted by atomic mass is 10.2. The number of nitrogens with one attached hydrogen (secondary N) is 1. The van der Waals surface area contributed by atoms with E-state index in [9.17, 15) is 9.59 Å². The molecule has 1 atom stereocenters. The van der Waals surface area contributed by atoms with Crippen molar-refractivity contribution in [3.8, 4) is 0 Å². The number of carbonyl (C=O) groups is 1. The van der Waals surface area contributed by atoms with Crippen molar-refractivity contribution in [2.75, 3.05) is 6.61 Å². The molecular weight excluding hydrogens is 196 g/mol. The third kappa shape index (κ3) is 2.92. The van der Waals surface area contributed by atoms with Crippen molar-refractivity contribution in [2.24, 2.45) is 7.05 Å². The summed E-state index contributed by atoms with van der Waals surface area (Å²) in [5.74, 6) is -0.353. The molecular formula is C10H14N2O3. The highest BCUT2D eigenvalue weighted by Crippen LogP contribution is 1.95. The average molecular weight is 210 g/mol. The number of aryl methyl sites for hydroxylation is 1. The molecule has 0 aliphatic carbocycles. The smallest absolute Gasteiger partial charge is 0.251 e. The first-order valence-electron chi connectivity index (χ1n) is 4.63. The summed E-state index contributed by atoms with van der Waals surface area (Å²) in [6, 6.07) is 2.50. The van der Waals surface area contributed by atoms with Gasteiger partial charge in [-0.15, -0.1) is 0 Å². The molecule has 5 nitrogen and oxygen atoms in total. The Morgan fingerprint density at radius 1 is 1.67 bits per heavy atom. The zero-order valence-corrected chi connectivity index (χ0v) is 8.73. The number of pyridine rings is 1. The van der Waals surface area contributed by atoms with E-state index < -0.39 is 0 Å². The van der Waals surface area contributed by atoms with Gasteiger partial charge in [0.15, 0.2) is 0 Å². The van der Waals surface area contributed by atoms with Gasteiger partial charge in [0.25, 0.3) is 11.5 Å². The van der Waals surface area contributed by atoms with Crippen molar-refractivity contribution in [1.29, 1.82) is 0 Å². The van der Waals surface area contributed by atoms with Crippen LogP contribution in [0.4, 0.5) is 0 Å². The summed E-state index contributed by atoms with van der Waals surface area (Å²) in [6.45, 7) is 1.55. The molecule has 0 bridgehead atoms. The Balaban J connectivity index is 2.83. The van der Waals surface area contributed by atoms with Crippen LogP contribution >= 0.6 is 0 Å². The maximum Gasteiger partial charge on any atom is 0.251 e. The van der Waals surface area contributed by atoms with Crippen molar-refractivity contribution in [3.63, 3.8) is 0 Å². The van der Waals surface area contributed by atoms with Gasteiger partial charge in [-0.2, -0.15) is 0 Å². The van der Waals surface area contributed by atoms with Crippen LogP contribution in [-0.2, 0) is 7.05 Å². The van der Waals surface area contributed by atoms with Crippen molar-refractivity contribution in [3.05, 3.63) is 34.2 Å². The minimum absolute atomic E-state index is 0.128. The molecule has 1 rings (SSSR count). The summed E-state index contributed by atoms with van der Waals surface area (Å²) in [4.78, 5) is 22.7. The third-order valence-corrected chi connectivity index (χ3v) is 2.02. The van der Waals surface area contributed by atoms with Crippen LogP contribution in [0.1, 0.15) is 17.3 Å². The maximum absolute atomic E-state index is 11.5. The summed E-state index contributed by atoms with van der Waals surface area (Å²) in [5, 5.41) is 11.3. The quantitative estimate of drug-likeness (QED) is 0.706. The standard InChI is InChI=1S/C10H14N2O3/c1-7(6-13)11-10(15)8-3-4-12(2)9(14)5-8/h3-5,7,13H,6H2,1-2H3,(H,11,15)/t7-/m0/s1. The van der Waals surface area contributed by atoms with Crippen LogP contribution in [-0.4, -0.2) is 28.2 Å². The van der Waals surface area contributed by atoms with Crippen LogP contribution in [0.5, 0.6) is 0 Å². The molecule has 0 unspecified atom stereocenters. The van der Waals surface area contributed by atoms with Crippen LogP contribution in [0, 0.1) is 0 Å². The van der Waals surface area contributed by atoms with E-state index in [0.29, 0.717) is 5.56 Å². The molecule has 82 valence electrons. The molecule has 0 aliphatic rings. The molecule has 0 saturated carbocycles. The molecule has 0 radical (unpaired) electrons. The topological polar surface area (TPSA) is 71.3 Å². The van der Waals surface area contributed by atoms with E-state index in [1.165, 1.54) is 16.8 Å². The van der Waals surface area contributed by atoms with Crippen LogP contribution in [0.2, 0.25) is 0 Å². The fraction of sp³-hybridized carbons (Fsp3) is 0.400. The molecule has 0 fully saturated rings. The number of hydrogen-bond donors (Lipinski definition) is 2. The van der Waals surface area contributed by atoms with Gasteiger partial charge in [0.2, 0.25) is 0 Å². The van der Waals surface area contributed by atoms with Crippen molar-refractivity contribution in [2.45, 2.75) is 13.0 Å². The van der Waals surface area contributed by atoms with Crippen molar-refractivity contribution in [1.82, 2.24) is 9.88 Å². The van der Waals surface area contributed by atoms with Gasteiger partial charge in [0, 0.05) is 30.9 Å². The summed E-state index contributed by atoms with van der Waals surface area (Å²) in [7, 11) is 1.61. The van der Waals surface area contributed by atoms with E-state index in [4.69, 9.17) is 5.11 Å². The van der Waals surface area contributed by atoms with Gasteiger partial charge in [-0.25, -0.2) is 0 Å². The number of amides is 1. The third-order valence-electron chi connectivity index (χ3n) is 2.02. The van der Waals surface area contributed by atoms with E-state index >= 15 is 0 Å². The van der Waals surface area contributed by atoms with E-state index in [0.717, 1.165) is 0 Å². The Hall–Kier alpha value is -1.62. The molecule has 5 heteroatoms. The molecule has 15 heavy (non-hydrogen) atoms. The second-order valence-corrected chi connectivity index (χ2v) is 3.42. The monoisotopic (exact) mass is 210 g/mol. The molecule has 0 saturated heterocycles. The number of hydrogen-bond acceptors (Lipinski definition) is 3. The number of aliphatic hydroxyl groups excluding tert-OH is 1. The van der Waals surface area contributed by atoms with Gasteiger partial charge in [-0.3, -0.25) is 9.59 Å². The van der Waals surface area contributed by atoms with Gasteiger partial charge < -0.3 is 15.0 Å². The average Bonchev–Trinajstić information content (AvgIpc) is 2.21. The maximum atomic E-state index is 11.5. The predicted molar refractivity (Wildman–Crippen MR) is 55.7 cm³/mol. The fourth-order valence-electron chi connectivity index (χ4n) is 1.04. The molecule has 1 amide bonds. The summed E-state index contributed by atoms with van der Waals surface area (Å²) < 4.78 is 1.38. The first-order valence-corrected chi connectivity index (χ1v) is 4.63. The van der Waals surface area contributed by atoms with Crippen LogP contribution < -0.4 is 10.9 Å². The van der Waals surface area contributed by atoms with Gasteiger partial charge in [0.1, 0.15) is 0 Å². The van der Waals surface area contributed by atoms with Crippen LogP contribution in [0.25, 0.3) is 0 Å². The molecule has 1 heterocycles. The lowest BCUT2D eigenvalue weighted by molar-refractivity contribution is 0.0922. The predicted octanol–water partition coefficient (Wildman–Crippen LogP) is -0.504. The van der Waals surface area contributed by atoms with E-state index in [1.54, 1.807) is 20.0 Å². The van der Waals surface area contributed by atoms with Crippen molar-refractivity contribution < 1.29 is 9.90 Å². The fourth-order valence-corrected chi connectivity index (χ4v) is 1.04. The number of carbonyl (C=O) groups excluding carboxylic acids is 1. The highest BCUT2D eigenvalue weighted by atomic mass is 16.3.